The molecule has 9 heteroatoms. The summed E-state index contributed by atoms with van der Waals surface area (Å²) in [5.41, 5.74) is 7.83. The zero-order valence-corrected chi connectivity index (χ0v) is 19.9. The standard InChI is InChI=1S/C25H29N5O3S/c1-33-22-14-19(4-7-21(22)18(15-26)16-27)30-13-10-25(24(30)32)8-11-29(12-9-25)23(31)17-2-5-20(34-28)6-3-17/h2-7,14-16,26H,8-13,27-28H2,1H3/b18-16+,26-15?. The summed E-state index contributed by atoms with van der Waals surface area (Å²) in [7, 11) is 1.56. The third-order valence-corrected chi connectivity index (χ3v) is 7.45. The molecule has 2 amide bonds. The van der Waals surface area contributed by atoms with Gasteiger partial charge in [-0.3, -0.25) is 14.7 Å². The lowest BCUT2D eigenvalue weighted by Gasteiger charge is -2.38. The van der Waals surface area contributed by atoms with Crippen molar-refractivity contribution in [1.82, 2.24) is 4.90 Å². The molecule has 0 radical (unpaired) electrons. The third-order valence-electron chi connectivity index (χ3n) is 6.90. The molecule has 178 valence electrons. The topological polar surface area (TPSA) is 126 Å². The van der Waals surface area contributed by atoms with Crippen molar-refractivity contribution in [1.29, 1.82) is 5.41 Å². The number of nitrogens with zero attached hydrogens (tertiary/aromatic N) is 2. The quantitative estimate of drug-likeness (QED) is 0.431. The molecule has 0 saturated carbocycles. The molecule has 8 nitrogen and oxygen atoms in total. The first-order chi connectivity index (χ1) is 16.5. The van der Waals surface area contributed by atoms with Gasteiger partial charge in [-0.05, 0) is 67.6 Å². The number of anilines is 1. The highest BCUT2D eigenvalue weighted by atomic mass is 32.2. The third kappa shape index (κ3) is 4.28. The molecule has 0 aliphatic carbocycles. The molecule has 2 saturated heterocycles. The molecule has 1 spiro atoms. The van der Waals surface area contributed by atoms with Crippen molar-refractivity contribution >= 4 is 41.2 Å². The van der Waals surface area contributed by atoms with Crippen molar-refractivity contribution in [2.24, 2.45) is 16.3 Å². The van der Waals surface area contributed by atoms with Crippen LogP contribution in [0.4, 0.5) is 5.69 Å². The van der Waals surface area contributed by atoms with Gasteiger partial charge < -0.3 is 25.7 Å². The van der Waals surface area contributed by atoms with Gasteiger partial charge in [0.05, 0.1) is 12.5 Å². The molecule has 34 heavy (non-hydrogen) atoms. The largest absolute Gasteiger partial charge is 0.496 e. The predicted molar refractivity (Wildman–Crippen MR) is 135 cm³/mol. The summed E-state index contributed by atoms with van der Waals surface area (Å²) in [6.45, 7) is 1.73. The van der Waals surface area contributed by atoms with Crippen LogP contribution in [0.25, 0.3) is 5.57 Å². The van der Waals surface area contributed by atoms with Crippen LogP contribution in [0.1, 0.15) is 35.2 Å². The number of hydrogen-bond acceptors (Lipinski definition) is 7. The molecule has 5 N–H and O–H groups in total. The zero-order chi connectivity index (χ0) is 24.3. The molecule has 2 aliphatic heterocycles. The van der Waals surface area contributed by atoms with Gasteiger partial charge >= 0.3 is 0 Å². The maximum atomic E-state index is 13.5. The van der Waals surface area contributed by atoms with Gasteiger partial charge in [0.25, 0.3) is 5.91 Å². The number of methoxy groups -OCH3 is 1. The Morgan fingerprint density at radius 3 is 2.38 bits per heavy atom. The Bertz CT molecular complexity index is 1120. The normalized spacial score (nSPS) is 17.8. The second-order valence-electron chi connectivity index (χ2n) is 8.57. The zero-order valence-electron chi connectivity index (χ0n) is 19.1. The van der Waals surface area contributed by atoms with Gasteiger partial charge in [0.15, 0.2) is 0 Å². The second kappa shape index (κ2) is 9.90. The van der Waals surface area contributed by atoms with E-state index in [-0.39, 0.29) is 11.8 Å². The average Bonchev–Trinajstić information content (AvgIpc) is 3.20. The molecule has 2 aromatic carbocycles. The fourth-order valence-corrected chi connectivity index (χ4v) is 5.12. The van der Waals surface area contributed by atoms with Gasteiger partial charge in [0.1, 0.15) is 5.75 Å². The Hall–Kier alpha value is -3.30. The van der Waals surface area contributed by atoms with Crippen LogP contribution in [-0.4, -0.2) is 49.7 Å². The number of nitrogens with two attached hydrogens (primary N) is 2. The van der Waals surface area contributed by atoms with Crippen LogP contribution in [0.3, 0.4) is 0 Å². The summed E-state index contributed by atoms with van der Waals surface area (Å²) in [6, 6.07) is 12.8. The van der Waals surface area contributed by atoms with Crippen LogP contribution in [-0.2, 0) is 4.79 Å². The molecule has 0 unspecified atom stereocenters. The number of ether oxygens (including phenoxy) is 1. The van der Waals surface area contributed by atoms with Crippen LogP contribution in [0.15, 0.2) is 53.6 Å². The highest BCUT2D eigenvalue weighted by molar-refractivity contribution is 7.97. The van der Waals surface area contributed by atoms with E-state index in [0.717, 1.165) is 29.0 Å². The van der Waals surface area contributed by atoms with Crippen LogP contribution < -0.4 is 20.5 Å². The SMILES string of the molecule is COc1cc(N2CCC3(CCN(C(=O)c4ccc(SN)cc4)CC3)C2=O)ccc1/C(C=N)=C/N. The lowest BCUT2D eigenvalue weighted by molar-refractivity contribution is -0.127. The molecule has 2 aromatic rings. The molecule has 0 bridgehead atoms. The lowest BCUT2D eigenvalue weighted by Crippen LogP contribution is -2.46. The maximum Gasteiger partial charge on any atom is 0.253 e. The molecule has 0 aromatic heterocycles. The van der Waals surface area contributed by atoms with E-state index in [9.17, 15) is 9.59 Å². The van der Waals surface area contributed by atoms with Crippen molar-refractivity contribution < 1.29 is 14.3 Å². The van der Waals surface area contributed by atoms with Gasteiger partial charge in [-0.25, -0.2) is 0 Å². The Morgan fingerprint density at radius 1 is 1.12 bits per heavy atom. The number of likely N-dealkylation sites (tertiary alicyclic amines) is 1. The van der Waals surface area contributed by atoms with Crippen molar-refractivity contribution in [3.8, 4) is 5.75 Å². The molecule has 0 atom stereocenters. The first-order valence-corrected chi connectivity index (χ1v) is 12.0. The van der Waals surface area contributed by atoms with E-state index in [2.05, 4.69) is 0 Å². The highest BCUT2D eigenvalue weighted by Gasteiger charge is 2.49. The molecular weight excluding hydrogens is 450 g/mol. The fourth-order valence-electron chi connectivity index (χ4n) is 4.83. The van der Waals surface area contributed by atoms with Crippen molar-refractivity contribution in [3.63, 3.8) is 0 Å². The van der Waals surface area contributed by atoms with E-state index in [1.165, 1.54) is 12.4 Å². The Labute approximate surface area is 203 Å². The molecule has 2 aliphatic rings. The van der Waals surface area contributed by atoms with Crippen LogP contribution in [0, 0.1) is 10.8 Å². The number of rotatable bonds is 6. The number of benzene rings is 2. The summed E-state index contributed by atoms with van der Waals surface area (Å²) < 4.78 is 5.51. The number of nitrogens with one attached hydrogen (secondary N) is 1. The van der Waals surface area contributed by atoms with Gasteiger partial charge in [-0.2, -0.15) is 0 Å². The number of piperidine rings is 1. The van der Waals surface area contributed by atoms with Gasteiger partial charge in [-0.1, -0.05) is 0 Å². The Balaban J connectivity index is 1.46. The summed E-state index contributed by atoms with van der Waals surface area (Å²) in [6.07, 6.45) is 4.59. The summed E-state index contributed by atoms with van der Waals surface area (Å²) >= 11 is 1.15. The fraction of sp³-hybridized carbons (Fsp3) is 0.320. The lowest BCUT2D eigenvalue weighted by atomic mass is 9.77. The number of hydrogen-bond donors (Lipinski definition) is 3. The van der Waals surface area contributed by atoms with E-state index in [1.807, 2.05) is 40.1 Å². The van der Waals surface area contributed by atoms with Crippen molar-refractivity contribution in [3.05, 3.63) is 59.8 Å². The number of carbonyl (C=O) groups excluding carboxylic acids is 2. The minimum absolute atomic E-state index is 0.0130. The van der Waals surface area contributed by atoms with Gasteiger partial charge in [0.2, 0.25) is 5.91 Å². The molecule has 2 heterocycles. The van der Waals surface area contributed by atoms with E-state index < -0.39 is 5.41 Å². The second-order valence-corrected chi connectivity index (χ2v) is 9.28. The van der Waals surface area contributed by atoms with E-state index >= 15 is 0 Å². The minimum atomic E-state index is -0.444. The Morgan fingerprint density at radius 2 is 1.79 bits per heavy atom. The smallest absolute Gasteiger partial charge is 0.253 e. The van der Waals surface area contributed by atoms with Gasteiger partial charge in [0, 0.05) is 65.4 Å². The monoisotopic (exact) mass is 479 g/mol. The molecule has 2 fully saturated rings. The number of amides is 2. The van der Waals surface area contributed by atoms with Crippen molar-refractivity contribution in [2.45, 2.75) is 24.2 Å². The number of allylic oxidation sites excluding steroid dienone is 1. The van der Waals surface area contributed by atoms with Crippen LogP contribution in [0.5, 0.6) is 5.75 Å². The molecular formula is C25H29N5O3S. The first-order valence-electron chi connectivity index (χ1n) is 11.1. The maximum absolute atomic E-state index is 13.5. The minimum Gasteiger partial charge on any atom is -0.496 e. The van der Waals surface area contributed by atoms with E-state index in [0.29, 0.717) is 54.9 Å². The predicted octanol–water partition coefficient (Wildman–Crippen LogP) is 3.27. The first kappa shape index (κ1) is 23.8. The summed E-state index contributed by atoms with van der Waals surface area (Å²) in [5, 5.41) is 13.1. The number of carbonyl (C=O) groups is 2. The summed E-state index contributed by atoms with van der Waals surface area (Å²) in [5.74, 6) is 0.646. The molecule has 4 rings (SSSR count). The van der Waals surface area contributed by atoms with Crippen molar-refractivity contribution in [2.75, 3.05) is 31.6 Å². The average molecular weight is 480 g/mol. The van der Waals surface area contributed by atoms with E-state index in [1.54, 1.807) is 19.2 Å². The van der Waals surface area contributed by atoms with Gasteiger partial charge in [-0.15, -0.1) is 0 Å². The summed E-state index contributed by atoms with van der Waals surface area (Å²) in [4.78, 5) is 31.0. The van der Waals surface area contributed by atoms with Crippen LogP contribution >= 0.6 is 11.9 Å². The highest BCUT2D eigenvalue weighted by Crippen LogP contribution is 2.44. The van der Waals surface area contributed by atoms with Crippen LogP contribution in [0.2, 0.25) is 0 Å². The Kier molecular flexibility index (Phi) is 6.95. The van der Waals surface area contributed by atoms with E-state index in [4.69, 9.17) is 21.0 Å².